The first-order chi connectivity index (χ1) is 44.6. The number of hydrogen-bond donors (Lipinski definition) is 14. The number of fused-ring (bicyclic) bond motifs is 1. The van der Waals surface area contributed by atoms with Gasteiger partial charge in [0.2, 0.25) is 33.7 Å². The molecule has 3 heterocycles. The third-order valence-electron chi connectivity index (χ3n) is 14.9. The Balaban J connectivity index is 0.0000192. The van der Waals surface area contributed by atoms with Gasteiger partial charge in [0.05, 0.1) is 61.1 Å². The van der Waals surface area contributed by atoms with Crippen molar-refractivity contribution in [2.24, 2.45) is 5.92 Å². The van der Waals surface area contributed by atoms with Crippen LogP contribution in [0.1, 0.15) is 66.4 Å². The molecule has 5 amide bonds. The average molecular weight is 1430 g/mol. The van der Waals surface area contributed by atoms with Crippen LogP contribution in [0, 0.1) is 19.8 Å². The van der Waals surface area contributed by atoms with Crippen molar-refractivity contribution >= 4 is 86.3 Å². The molecule has 95 heavy (non-hydrogen) atoms. The molecule has 519 valence electrons. The molecule has 5 rings (SSSR count). The molecule has 1 aliphatic rings. The van der Waals surface area contributed by atoms with Crippen LogP contribution >= 0.6 is 0 Å². The molecule has 0 bridgehead atoms. The molecule has 1 fully saturated rings. The summed E-state index contributed by atoms with van der Waals surface area (Å²) in [4.78, 5) is 139. The smallest absolute Gasteiger partial charge is 0.323 e. The molecule has 2 aromatic heterocycles. The van der Waals surface area contributed by atoms with Crippen LogP contribution < -0.4 is 41.4 Å². The molecule has 34 nitrogen and oxygen atoms in total. The van der Waals surface area contributed by atoms with Gasteiger partial charge < -0.3 is 72.3 Å². The van der Waals surface area contributed by atoms with Crippen LogP contribution in [0.2, 0.25) is 0 Å². The Morgan fingerprint density at radius 3 is 1.81 bits per heavy atom. The fourth-order valence-electron chi connectivity index (χ4n) is 10.2. The minimum Gasteiger partial charge on any atom is -0.512 e. The third kappa shape index (κ3) is 28.7. The maximum absolute atomic E-state index is 13.7. The number of aliphatic carboxylic acids is 5. The number of aryl methyl sites for hydroxylation is 3. The Labute approximate surface area is 573 Å². The summed E-state index contributed by atoms with van der Waals surface area (Å²) in [6.07, 6.45) is 4.03. The van der Waals surface area contributed by atoms with Gasteiger partial charge in [0.15, 0.2) is 5.95 Å². The molecule has 0 aliphatic carbocycles. The summed E-state index contributed by atoms with van der Waals surface area (Å²) in [5, 5.41) is 79.0. The molecule has 2 aromatic carbocycles. The van der Waals surface area contributed by atoms with Gasteiger partial charge in [-0.05, 0) is 81.0 Å². The molecule has 3 atom stereocenters. The van der Waals surface area contributed by atoms with Crippen LogP contribution in [0.5, 0.6) is 5.75 Å². The second kappa shape index (κ2) is 40.3. The summed E-state index contributed by atoms with van der Waals surface area (Å²) < 4.78 is 37.1. The number of rotatable bonds is 39. The standard InChI is InChI=1S/C59H85N15O19S.Y/c1-38-28-44(29-39(2)54(38)94(91,92)69-46(58(89)90)33-66-55(86)41-7-10-47-43(30-41)32-67-74(47)18-5-13-62-59-63-16-17-64-59)93-27-4-6-48(76)60-14-15-61-57(88)45(9-12-51(80)81)68-56(87)42(8-11-50(78)79)31-65-49(77)35-71-21-25-72(36-52(82)83)23-19-70(34-40(3)75)20-24-73(26-22-71)37-53(84)85;/h7,10,16-17,28-30,32,42,45-46,69,75H,3-6,8-9,11-15,18-27,31,33-37H2,1-2H3,(H,60,76)(H,61,88)(H,65,77)(H,66,86)(H,68,87)(H,78,79)(H,80,81)(H,82,83)(H,84,85)(H,89,90)(H2,62,63,64);/t42-,45?,46+;/m1./s1. The molecule has 4 aromatic rings. The predicted molar refractivity (Wildman–Crippen MR) is 337 cm³/mol. The van der Waals surface area contributed by atoms with Gasteiger partial charge >= 0.3 is 29.8 Å². The molecule has 0 saturated carbocycles. The number of carboxylic acid groups (broad SMARTS) is 5. The number of hydrogen-bond acceptors (Lipinski definition) is 21. The molecule has 14 N–H and O–H groups in total. The van der Waals surface area contributed by atoms with Crippen LogP contribution in [-0.4, -0.2) is 268 Å². The molecule has 1 saturated heterocycles. The number of benzene rings is 2. The van der Waals surface area contributed by atoms with Crippen LogP contribution in [0.4, 0.5) is 5.95 Å². The van der Waals surface area contributed by atoms with E-state index < -0.39 is 113 Å². The van der Waals surface area contributed by atoms with Gasteiger partial charge in [0.25, 0.3) is 5.91 Å². The molecule has 1 radical (unpaired) electrons. The number of nitrogens with one attached hydrogen (secondary N) is 8. The largest absolute Gasteiger partial charge is 0.512 e. The molecule has 36 heteroatoms. The van der Waals surface area contributed by atoms with Gasteiger partial charge in [-0.1, -0.05) is 6.58 Å². The SMILES string of the molecule is C=C(O)CN1CCN(CC(=O)O)CCN(CC(=O)NC[C@@H](CCC(=O)O)C(=O)NC(CCC(=O)O)C(=O)NCCNC(=O)CCCOc2cc(C)c(S(=O)(=O)N[C@@H](CNC(=O)c3ccc4c(cnn4CCCNc4ncc[nH]4)c3)C(=O)O)c(C)c2)CCN(CC(=O)O)CC1.[Y]. The van der Waals surface area contributed by atoms with Gasteiger partial charge in [0, 0.05) is 167 Å². The monoisotopic (exact) mass is 1430 g/mol. The number of carbonyl (C=O) groups is 10. The number of sulfonamides is 1. The van der Waals surface area contributed by atoms with Crippen LogP contribution in [0.25, 0.3) is 10.9 Å². The molecule has 0 spiro atoms. The number of ether oxygens (including phenoxy) is 1. The van der Waals surface area contributed by atoms with E-state index in [-0.39, 0.29) is 177 Å². The first kappa shape index (κ1) is 79.3. The number of aliphatic hydroxyl groups is 1. The Bertz CT molecular complexity index is 3340. The molecular weight excluding hydrogens is 1340 g/mol. The maximum Gasteiger partial charge on any atom is 0.323 e. The molecule has 1 aliphatic heterocycles. The summed E-state index contributed by atoms with van der Waals surface area (Å²) in [5.41, 5.74) is 1.40. The number of anilines is 1. The normalized spacial score (nSPS) is 14.7. The fourth-order valence-corrected chi connectivity index (χ4v) is 11.8. The first-order valence-corrected chi connectivity index (χ1v) is 31.9. The Morgan fingerprint density at radius 1 is 0.653 bits per heavy atom. The van der Waals surface area contributed by atoms with Crippen LogP contribution in [0.3, 0.4) is 0 Å². The van der Waals surface area contributed by atoms with Crippen molar-refractivity contribution in [3.63, 3.8) is 0 Å². The van der Waals surface area contributed by atoms with E-state index >= 15 is 0 Å². The number of carbonyl (C=O) groups excluding carboxylic acids is 5. The second-order valence-corrected chi connectivity index (χ2v) is 24.1. The van der Waals surface area contributed by atoms with E-state index in [1.54, 1.807) is 56.2 Å². The minimum absolute atomic E-state index is 0. The number of carboxylic acids is 5. The van der Waals surface area contributed by atoms with E-state index in [4.69, 9.17) is 4.74 Å². The zero-order valence-electron chi connectivity index (χ0n) is 53.0. The van der Waals surface area contributed by atoms with Crippen molar-refractivity contribution in [1.82, 2.24) is 70.7 Å². The number of nitrogens with zero attached hydrogens (tertiary/aromatic N) is 7. The van der Waals surface area contributed by atoms with Gasteiger partial charge in [-0.3, -0.25) is 72.2 Å². The summed E-state index contributed by atoms with van der Waals surface area (Å²) >= 11 is 0. The summed E-state index contributed by atoms with van der Waals surface area (Å²) in [7, 11) is -4.48. The Kier molecular flexibility index (Phi) is 33.6. The zero-order chi connectivity index (χ0) is 68.9. The van der Waals surface area contributed by atoms with Gasteiger partial charge in [-0.15, -0.1) is 0 Å². The summed E-state index contributed by atoms with van der Waals surface area (Å²) in [6.45, 7) is 7.38. The quantitative estimate of drug-likeness (QED) is 0.0185. The average Bonchev–Trinajstić information content (AvgIpc) is 1.18. The number of aliphatic hydroxyl groups excluding tert-OH is 1. The second-order valence-electron chi connectivity index (χ2n) is 22.4. The minimum atomic E-state index is -4.48. The van der Waals surface area contributed by atoms with E-state index in [1.807, 2.05) is 4.90 Å². The Hall–Kier alpha value is -8.19. The van der Waals surface area contributed by atoms with Crippen LogP contribution in [0.15, 0.2) is 66.2 Å². The van der Waals surface area contributed by atoms with Crippen molar-refractivity contribution in [3.05, 3.63) is 78.0 Å². The number of amides is 5. The predicted octanol–water partition coefficient (Wildman–Crippen LogP) is -1.16. The van der Waals surface area contributed by atoms with Crippen molar-refractivity contribution in [2.45, 2.75) is 82.3 Å². The van der Waals surface area contributed by atoms with E-state index in [0.717, 1.165) is 11.9 Å². The summed E-state index contributed by atoms with van der Waals surface area (Å²) in [5.74, 6) is -10.1. The van der Waals surface area contributed by atoms with E-state index in [1.165, 1.54) is 26.0 Å². The zero-order valence-corrected chi connectivity index (χ0v) is 56.7. The number of imidazole rings is 1. The third-order valence-corrected chi connectivity index (χ3v) is 16.7. The van der Waals surface area contributed by atoms with Crippen LogP contribution in [-0.2, 0) is 92.4 Å². The van der Waals surface area contributed by atoms with Crippen molar-refractivity contribution < 1.29 is 124 Å². The van der Waals surface area contributed by atoms with Gasteiger partial charge in [-0.2, -0.15) is 9.82 Å². The van der Waals surface area contributed by atoms with Gasteiger partial charge in [0.1, 0.15) is 17.8 Å². The maximum atomic E-state index is 13.7. The van der Waals surface area contributed by atoms with Crippen molar-refractivity contribution in [3.8, 4) is 5.75 Å². The van der Waals surface area contributed by atoms with E-state index in [2.05, 4.69) is 58.3 Å². The molecule has 1 unspecified atom stereocenters. The first-order valence-electron chi connectivity index (χ1n) is 30.4. The Morgan fingerprint density at radius 2 is 1.24 bits per heavy atom. The van der Waals surface area contributed by atoms with Gasteiger partial charge in [-0.25, -0.2) is 13.4 Å². The number of H-pyrrole nitrogens is 1. The van der Waals surface area contributed by atoms with E-state index in [0.29, 0.717) is 37.5 Å². The van der Waals surface area contributed by atoms with E-state index in [9.17, 15) is 87.0 Å². The van der Waals surface area contributed by atoms with Crippen molar-refractivity contribution in [2.75, 3.05) is 123 Å². The number of aromatic amines is 1. The molecular formula is C59H85N15O19SY. The number of aromatic nitrogens is 4. The summed E-state index contributed by atoms with van der Waals surface area (Å²) in [6, 6.07) is 4.53. The fraction of sp³-hybridized carbons (Fsp3) is 0.525. The topological polar surface area (TPSA) is 479 Å². The van der Waals surface area contributed by atoms with Crippen molar-refractivity contribution in [1.29, 1.82) is 0 Å².